The first kappa shape index (κ1) is 12.8. The van der Waals surface area contributed by atoms with E-state index in [1.54, 1.807) is 12.1 Å². The van der Waals surface area contributed by atoms with E-state index >= 15 is 0 Å². The molecule has 2 aromatic rings. The molecule has 2 aromatic carbocycles. The highest BCUT2D eigenvalue weighted by molar-refractivity contribution is 7.99. The van der Waals surface area contributed by atoms with Crippen molar-refractivity contribution < 1.29 is 4.39 Å². The van der Waals surface area contributed by atoms with Crippen LogP contribution in [0.4, 0.5) is 10.1 Å². The average Bonchev–Trinajstić information content (AvgIpc) is 2.82. The largest absolute Gasteiger partial charge is 0.381 e. The standard InChI is InChI=1S/C15H13ClFNS/c16-12-5-3-6-13(17)15(12)18-8-10-9-19-14-7-2-1-4-11(10)14/h1-7,10,18H,8-9H2. The molecule has 0 fully saturated rings. The highest BCUT2D eigenvalue weighted by Crippen LogP contribution is 2.39. The van der Waals surface area contributed by atoms with Gasteiger partial charge in [-0.05, 0) is 23.8 Å². The van der Waals surface area contributed by atoms with Gasteiger partial charge in [0.2, 0.25) is 0 Å². The van der Waals surface area contributed by atoms with Gasteiger partial charge in [0.25, 0.3) is 0 Å². The Morgan fingerprint density at radius 2 is 2.05 bits per heavy atom. The summed E-state index contributed by atoms with van der Waals surface area (Å²) >= 11 is 7.86. The molecular formula is C15H13ClFNS. The lowest BCUT2D eigenvalue weighted by molar-refractivity contribution is 0.629. The van der Waals surface area contributed by atoms with Gasteiger partial charge in [0, 0.05) is 23.1 Å². The molecule has 3 rings (SSSR count). The summed E-state index contributed by atoms with van der Waals surface area (Å²) in [5.74, 6) is 1.13. The first-order chi connectivity index (χ1) is 9.25. The van der Waals surface area contributed by atoms with Crippen LogP contribution in [0.25, 0.3) is 0 Å². The third-order valence-corrected chi connectivity index (χ3v) is 4.85. The minimum Gasteiger partial charge on any atom is -0.381 e. The molecule has 1 nitrogen and oxygen atoms in total. The summed E-state index contributed by atoms with van der Waals surface area (Å²) in [7, 11) is 0. The van der Waals surface area contributed by atoms with Gasteiger partial charge in [-0.3, -0.25) is 0 Å². The Labute approximate surface area is 121 Å². The number of anilines is 1. The van der Waals surface area contributed by atoms with Crippen molar-refractivity contribution in [3.8, 4) is 0 Å². The summed E-state index contributed by atoms with van der Waals surface area (Å²) in [5.41, 5.74) is 1.74. The Kier molecular flexibility index (Phi) is 3.67. The summed E-state index contributed by atoms with van der Waals surface area (Å²) < 4.78 is 13.7. The van der Waals surface area contributed by atoms with Gasteiger partial charge in [-0.25, -0.2) is 4.39 Å². The summed E-state index contributed by atoms with van der Waals surface area (Å²) in [5, 5.41) is 3.57. The van der Waals surface area contributed by atoms with Gasteiger partial charge >= 0.3 is 0 Å². The molecule has 1 atom stereocenters. The zero-order valence-electron chi connectivity index (χ0n) is 10.2. The van der Waals surface area contributed by atoms with Crippen molar-refractivity contribution in [3.05, 3.63) is 58.9 Å². The molecule has 1 N–H and O–H groups in total. The topological polar surface area (TPSA) is 12.0 Å². The quantitative estimate of drug-likeness (QED) is 0.874. The fourth-order valence-corrected chi connectivity index (χ4v) is 3.77. The molecule has 0 saturated heterocycles. The molecule has 1 aliphatic rings. The van der Waals surface area contributed by atoms with Crippen molar-refractivity contribution in [2.75, 3.05) is 17.6 Å². The molecule has 1 aliphatic heterocycles. The van der Waals surface area contributed by atoms with Gasteiger partial charge < -0.3 is 5.32 Å². The molecular weight excluding hydrogens is 281 g/mol. The van der Waals surface area contributed by atoms with Crippen LogP contribution in [0.2, 0.25) is 5.02 Å². The predicted molar refractivity (Wildman–Crippen MR) is 79.8 cm³/mol. The van der Waals surface area contributed by atoms with Crippen LogP contribution in [0.15, 0.2) is 47.4 Å². The summed E-state index contributed by atoms with van der Waals surface area (Å²) in [4.78, 5) is 1.33. The van der Waals surface area contributed by atoms with E-state index in [1.807, 2.05) is 17.8 Å². The molecule has 1 unspecified atom stereocenters. The molecule has 0 aromatic heterocycles. The van der Waals surface area contributed by atoms with Crippen LogP contribution in [0.1, 0.15) is 11.5 Å². The van der Waals surface area contributed by atoms with E-state index in [1.165, 1.54) is 16.5 Å². The molecule has 0 amide bonds. The summed E-state index contributed by atoms with van der Waals surface area (Å²) in [6.45, 7) is 0.699. The van der Waals surface area contributed by atoms with Crippen molar-refractivity contribution in [3.63, 3.8) is 0 Å². The van der Waals surface area contributed by atoms with Gasteiger partial charge in [0.05, 0.1) is 10.7 Å². The molecule has 19 heavy (non-hydrogen) atoms. The van der Waals surface area contributed by atoms with Crippen LogP contribution in [0.3, 0.4) is 0 Å². The maximum atomic E-state index is 13.7. The number of thioether (sulfide) groups is 1. The fourth-order valence-electron chi connectivity index (χ4n) is 2.29. The van der Waals surface area contributed by atoms with Gasteiger partial charge in [-0.2, -0.15) is 0 Å². The van der Waals surface area contributed by atoms with Crippen molar-refractivity contribution in [1.29, 1.82) is 0 Å². The van der Waals surface area contributed by atoms with Crippen LogP contribution < -0.4 is 5.32 Å². The molecule has 98 valence electrons. The minimum atomic E-state index is -0.300. The number of hydrogen-bond donors (Lipinski definition) is 1. The Hall–Kier alpha value is -1.19. The van der Waals surface area contributed by atoms with Crippen molar-refractivity contribution >= 4 is 29.1 Å². The predicted octanol–water partition coefficient (Wildman–Crippen LogP) is 4.78. The smallest absolute Gasteiger partial charge is 0.147 e. The summed E-state index contributed by atoms with van der Waals surface area (Å²) in [6, 6.07) is 13.1. The number of fused-ring (bicyclic) bond motifs is 1. The molecule has 0 saturated carbocycles. The number of halogens is 2. The lowest BCUT2D eigenvalue weighted by atomic mass is 10.0. The second-order valence-corrected chi connectivity index (χ2v) is 5.99. The molecule has 1 heterocycles. The van der Waals surface area contributed by atoms with Crippen LogP contribution in [-0.2, 0) is 0 Å². The molecule has 0 aliphatic carbocycles. The first-order valence-corrected chi connectivity index (χ1v) is 7.51. The SMILES string of the molecule is Fc1cccc(Cl)c1NCC1CSc2ccccc21. The minimum absolute atomic E-state index is 0.300. The average molecular weight is 294 g/mol. The lowest BCUT2D eigenvalue weighted by Gasteiger charge is -2.14. The van der Waals surface area contributed by atoms with E-state index in [0.29, 0.717) is 23.2 Å². The van der Waals surface area contributed by atoms with Crippen molar-refractivity contribution in [2.24, 2.45) is 0 Å². The second kappa shape index (κ2) is 5.43. The van der Waals surface area contributed by atoms with Crippen molar-refractivity contribution in [2.45, 2.75) is 10.8 Å². The van der Waals surface area contributed by atoms with E-state index in [-0.39, 0.29) is 5.82 Å². The van der Waals surface area contributed by atoms with Crippen LogP contribution in [0.5, 0.6) is 0 Å². The molecule has 0 spiro atoms. The third kappa shape index (κ3) is 2.58. The first-order valence-electron chi connectivity index (χ1n) is 6.15. The van der Waals surface area contributed by atoms with Crippen LogP contribution in [0, 0.1) is 5.82 Å². The number of hydrogen-bond acceptors (Lipinski definition) is 2. The van der Waals surface area contributed by atoms with Gasteiger partial charge in [0.15, 0.2) is 0 Å². The highest BCUT2D eigenvalue weighted by Gasteiger charge is 2.22. The van der Waals surface area contributed by atoms with Crippen LogP contribution in [-0.4, -0.2) is 12.3 Å². The number of nitrogens with one attached hydrogen (secondary N) is 1. The Morgan fingerprint density at radius 1 is 1.21 bits per heavy atom. The molecule has 4 heteroatoms. The van der Waals surface area contributed by atoms with Gasteiger partial charge in [-0.1, -0.05) is 35.9 Å². The van der Waals surface area contributed by atoms with E-state index in [9.17, 15) is 4.39 Å². The number of para-hydroxylation sites is 1. The van der Waals surface area contributed by atoms with E-state index in [0.717, 1.165) is 5.75 Å². The molecule has 0 bridgehead atoms. The monoisotopic (exact) mass is 293 g/mol. The van der Waals surface area contributed by atoms with Gasteiger partial charge in [0.1, 0.15) is 5.82 Å². The normalized spacial score (nSPS) is 17.3. The van der Waals surface area contributed by atoms with E-state index in [4.69, 9.17) is 11.6 Å². The Balaban J connectivity index is 1.75. The lowest BCUT2D eigenvalue weighted by Crippen LogP contribution is -2.13. The number of benzene rings is 2. The van der Waals surface area contributed by atoms with E-state index < -0.39 is 0 Å². The van der Waals surface area contributed by atoms with Gasteiger partial charge in [-0.15, -0.1) is 11.8 Å². The van der Waals surface area contributed by atoms with Crippen molar-refractivity contribution in [1.82, 2.24) is 0 Å². The number of rotatable bonds is 3. The summed E-state index contributed by atoms with van der Waals surface area (Å²) in [6.07, 6.45) is 0. The second-order valence-electron chi connectivity index (χ2n) is 4.52. The zero-order chi connectivity index (χ0) is 13.2. The Morgan fingerprint density at radius 3 is 2.89 bits per heavy atom. The third-order valence-electron chi connectivity index (χ3n) is 3.29. The van der Waals surface area contributed by atoms with E-state index in [2.05, 4.69) is 23.5 Å². The molecule has 0 radical (unpaired) electrons. The zero-order valence-corrected chi connectivity index (χ0v) is 11.8. The highest BCUT2D eigenvalue weighted by atomic mass is 35.5. The van der Waals surface area contributed by atoms with Crippen LogP contribution >= 0.6 is 23.4 Å². The Bertz CT molecular complexity index is 582. The maximum Gasteiger partial charge on any atom is 0.147 e. The maximum absolute atomic E-state index is 13.7. The fraction of sp³-hybridized carbons (Fsp3) is 0.200.